The van der Waals surface area contributed by atoms with Crippen LogP contribution in [0.25, 0.3) is 0 Å². The van der Waals surface area contributed by atoms with Crippen LogP contribution in [0.1, 0.15) is 24.2 Å². The number of ether oxygens (including phenoxy) is 1. The van der Waals surface area contributed by atoms with Crippen LogP contribution in [0, 0.1) is 18.7 Å². The molecular formula is C17H23FN4O. The van der Waals surface area contributed by atoms with Crippen LogP contribution >= 0.6 is 0 Å². The summed E-state index contributed by atoms with van der Waals surface area (Å²) >= 11 is 0. The van der Waals surface area contributed by atoms with Crippen LogP contribution in [-0.2, 0) is 6.54 Å². The zero-order valence-corrected chi connectivity index (χ0v) is 13.8. The van der Waals surface area contributed by atoms with Crippen molar-refractivity contribution in [1.29, 1.82) is 0 Å². The maximum absolute atomic E-state index is 13.5. The van der Waals surface area contributed by atoms with Crippen molar-refractivity contribution in [3.05, 3.63) is 41.3 Å². The Balaban J connectivity index is 1.61. The second-order valence-corrected chi connectivity index (χ2v) is 6.12. The molecule has 0 saturated heterocycles. The summed E-state index contributed by atoms with van der Waals surface area (Å²) in [5, 5.41) is 11.4. The van der Waals surface area contributed by atoms with Crippen molar-refractivity contribution in [1.82, 2.24) is 15.1 Å². The van der Waals surface area contributed by atoms with Gasteiger partial charge in [0, 0.05) is 43.2 Å². The molecule has 2 heterocycles. The maximum atomic E-state index is 13.5. The molecule has 1 aromatic heterocycles. The third kappa shape index (κ3) is 3.47. The smallest absolute Gasteiger partial charge is 0.124 e. The lowest BCUT2D eigenvalue weighted by Gasteiger charge is -2.27. The fourth-order valence-electron chi connectivity index (χ4n) is 3.02. The molecule has 0 saturated carbocycles. The van der Waals surface area contributed by atoms with Gasteiger partial charge >= 0.3 is 0 Å². The standard InChI is InChI=1S/C17H23FN4O/c1-11-6-17-20-9-13(10-22(17)21-11)8-19-12(2)15-7-14(18)4-5-16(15)23-3/h4-7,12-13,19-20H,8-10H2,1-3H3/t12-,13+/m1/s1. The highest BCUT2D eigenvalue weighted by Crippen LogP contribution is 2.26. The number of methoxy groups -OCH3 is 1. The number of benzene rings is 1. The molecule has 5 nitrogen and oxygen atoms in total. The summed E-state index contributed by atoms with van der Waals surface area (Å²) in [5.41, 5.74) is 1.87. The third-order valence-corrected chi connectivity index (χ3v) is 4.28. The number of aromatic nitrogens is 2. The van der Waals surface area contributed by atoms with E-state index in [1.807, 2.05) is 18.5 Å². The first-order valence-electron chi connectivity index (χ1n) is 7.92. The molecule has 0 spiro atoms. The SMILES string of the molecule is COc1ccc(F)cc1[C@@H](C)NC[C@H]1CNc2cc(C)nn2C1. The molecule has 23 heavy (non-hydrogen) atoms. The third-order valence-electron chi connectivity index (χ3n) is 4.28. The van der Waals surface area contributed by atoms with Gasteiger partial charge in [-0.15, -0.1) is 0 Å². The molecule has 6 heteroatoms. The van der Waals surface area contributed by atoms with Gasteiger partial charge in [0.1, 0.15) is 17.4 Å². The summed E-state index contributed by atoms with van der Waals surface area (Å²) in [5.74, 6) is 1.98. The second kappa shape index (κ2) is 6.58. The zero-order valence-electron chi connectivity index (χ0n) is 13.8. The van der Waals surface area contributed by atoms with E-state index in [1.165, 1.54) is 12.1 Å². The first-order valence-corrected chi connectivity index (χ1v) is 7.92. The first-order chi connectivity index (χ1) is 11.1. The summed E-state index contributed by atoms with van der Waals surface area (Å²) in [6.07, 6.45) is 0. The molecule has 0 bridgehead atoms. The summed E-state index contributed by atoms with van der Waals surface area (Å²) in [4.78, 5) is 0. The van der Waals surface area contributed by atoms with Gasteiger partial charge < -0.3 is 15.4 Å². The van der Waals surface area contributed by atoms with E-state index in [9.17, 15) is 4.39 Å². The highest BCUT2D eigenvalue weighted by Gasteiger charge is 2.20. The van der Waals surface area contributed by atoms with Gasteiger partial charge in [-0.25, -0.2) is 9.07 Å². The monoisotopic (exact) mass is 318 g/mol. The van der Waals surface area contributed by atoms with E-state index in [2.05, 4.69) is 21.8 Å². The fourth-order valence-corrected chi connectivity index (χ4v) is 3.02. The molecule has 0 fully saturated rings. The topological polar surface area (TPSA) is 51.1 Å². The lowest BCUT2D eigenvalue weighted by atomic mass is 10.0. The number of nitrogens with zero attached hydrogens (tertiary/aromatic N) is 2. The summed E-state index contributed by atoms with van der Waals surface area (Å²) in [7, 11) is 1.61. The largest absolute Gasteiger partial charge is 0.496 e. The van der Waals surface area contributed by atoms with Gasteiger partial charge in [0.05, 0.1) is 12.8 Å². The van der Waals surface area contributed by atoms with Gasteiger partial charge in [-0.05, 0) is 32.0 Å². The van der Waals surface area contributed by atoms with Gasteiger partial charge in [0.25, 0.3) is 0 Å². The average molecular weight is 318 g/mol. The molecule has 0 aliphatic carbocycles. The molecule has 0 unspecified atom stereocenters. The molecule has 1 aliphatic rings. The number of aryl methyl sites for hydroxylation is 1. The number of hydrogen-bond donors (Lipinski definition) is 2. The Bertz CT molecular complexity index is 685. The Hall–Kier alpha value is -2.08. The van der Waals surface area contributed by atoms with Gasteiger partial charge in [-0.3, -0.25) is 0 Å². The zero-order chi connectivity index (χ0) is 16.4. The molecule has 0 amide bonds. The molecule has 0 radical (unpaired) electrons. The van der Waals surface area contributed by atoms with Crippen molar-refractivity contribution in [2.75, 3.05) is 25.5 Å². The number of anilines is 1. The molecule has 2 N–H and O–H groups in total. The minimum absolute atomic E-state index is 0.0152. The quantitative estimate of drug-likeness (QED) is 0.890. The number of fused-ring (bicyclic) bond motifs is 1. The number of hydrogen-bond acceptors (Lipinski definition) is 4. The van der Waals surface area contributed by atoms with Crippen LogP contribution in [0.15, 0.2) is 24.3 Å². The molecular weight excluding hydrogens is 295 g/mol. The maximum Gasteiger partial charge on any atom is 0.124 e. The Morgan fingerprint density at radius 1 is 1.48 bits per heavy atom. The summed E-state index contributed by atoms with van der Waals surface area (Å²) in [6, 6.07) is 6.70. The Morgan fingerprint density at radius 2 is 2.30 bits per heavy atom. The molecule has 2 aromatic rings. The number of nitrogens with one attached hydrogen (secondary N) is 2. The first kappa shape index (κ1) is 15.8. The molecule has 1 aromatic carbocycles. The highest BCUT2D eigenvalue weighted by molar-refractivity contribution is 5.38. The predicted molar refractivity (Wildman–Crippen MR) is 88.3 cm³/mol. The van der Waals surface area contributed by atoms with Crippen LogP contribution in [0.2, 0.25) is 0 Å². The Labute approximate surface area is 135 Å². The van der Waals surface area contributed by atoms with E-state index in [1.54, 1.807) is 13.2 Å². The van der Waals surface area contributed by atoms with Crippen LogP contribution in [0.4, 0.5) is 10.2 Å². The van der Waals surface area contributed by atoms with E-state index in [0.717, 1.165) is 36.7 Å². The van der Waals surface area contributed by atoms with Gasteiger partial charge in [-0.2, -0.15) is 5.10 Å². The van der Waals surface area contributed by atoms with Crippen molar-refractivity contribution in [2.24, 2.45) is 5.92 Å². The van der Waals surface area contributed by atoms with E-state index >= 15 is 0 Å². The van der Waals surface area contributed by atoms with Crippen molar-refractivity contribution in [2.45, 2.75) is 26.4 Å². The van der Waals surface area contributed by atoms with Crippen molar-refractivity contribution in [3.8, 4) is 5.75 Å². The molecule has 3 rings (SSSR count). The number of halogens is 1. The van der Waals surface area contributed by atoms with E-state index in [0.29, 0.717) is 11.7 Å². The molecule has 1 aliphatic heterocycles. The van der Waals surface area contributed by atoms with Gasteiger partial charge in [0.2, 0.25) is 0 Å². The van der Waals surface area contributed by atoms with Crippen LogP contribution in [-0.4, -0.2) is 30.0 Å². The predicted octanol–water partition coefficient (Wildman–Crippen LogP) is 2.73. The lowest BCUT2D eigenvalue weighted by Crippen LogP contribution is -2.36. The van der Waals surface area contributed by atoms with Gasteiger partial charge in [-0.1, -0.05) is 0 Å². The Kier molecular flexibility index (Phi) is 4.52. The fraction of sp³-hybridized carbons (Fsp3) is 0.471. The lowest BCUT2D eigenvalue weighted by molar-refractivity contribution is 0.366. The Morgan fingerprint density at radius 3 is 3.09 bits per heavy atom. The van der Waals surface area contributed by atoms with E-state index in [-0.39, 0.29) is 11.9 Å². The van der Waals surface area contributed by atoms with Gasteiger partial charge in [0.15, 0.2) is 0 Å². The van der Waals surface area contributed by atoms with E-state index < -0.39 is 0 Å². The summed E-state index contributed by atoms with van der Waals surface area (Å²) < 4.78 is 20.8. The van der Waals surface area contributed by atoms with Crippen LogP contribution < -0.4 is 15.4 Å². The van der Waals surface area contributed by atoms with Crippen molar-refractivity contribution < 1.29 is 9.13 Å². The summed E-state index contributed by atoms with van der Waals surface area (Å²) in [6.45, 7) is 6.64. The molecule has 2 atom stereocenters. The molecule has 124 valence electrons. The minimum Gasteiger partial charge on any atom is -0.496 e. The highest BCUT2D eigenvalue weighted by atomic mass is 19.1. The van der Waals surface area contributed by atoms with Crippen LogP contribution in [0.3, 0.4) is 0 Å². The average Bonchev–Trinajstić information content (AvgIpc) is 2.91. The van der Waals surface area contributed by atoms with Crippen LogP contribution in [0.5, 0.6) is 5.75 Å². The van der Waals surface area contributed by atoms with E-state index in [4.69, 9.17) is 4.74 Å². The van der Waals surface area contributed by atoms with Crippen molar-refractivity contribution >= 4 is 5.82 Å². The number of rotatable bonds is 5. The normalized spacial score (nSPS) is 18.2. The second-order valence-electron chi connectivity index (χ2n) is 6.12. The minimum atomic E-state index is -0.245. The van der Waals surface area contributed by atoms with Crippen molar-refractivity contribution in [3.63, 3.8) is 0 Å².